The van der Waals surface area contributed by atoms with Gasteiger partial charge in [-0.2, -0.15) is 0 Å². The van der Waals surface area contributed by atoms with Crippen LogP contribution in [0.1, 0.15) is 28.7 Å². The molecule has 0 N–H and O–H groups in total. The molecule has 2 heterocycles. The van der Waals surface area contributed by atoms with Crippen LogP contribution in [0.4, 0.5) is 16.6 Å². The standard InChI is InChI=1S/C40H37N5O6S2/c1-51-39(46)23-21-31-20-22-38(41-26-31)44(53(49,50)37-15-9-8-14-36(37)45(47)48)28-33-18-16-32(17-19-33)27-43(25-24-30-10-4-2-5-11-30)40-42-35(29-52-40)34-12-6-3-7-13-34/h2-20,22,26,29H,21,23-25,27-28H2,1H3. The van der Waals surface area contributed by atoms with Crippen molar-refractivity contribution in [2.45, 2.75) is 37.2 Å². The Balaban J connectivity index is 1.26. The van der Waals surface area contributed by atoms with Gasteiger partial charge in [-0.15, -0.1) is 11.3 Å². The lowest BCUT2D eigenvalue weighted by Gasteiger charge is -2.24. The number of nitro groups is 1. The summed E-state index contributed by atoms with van der Waals surface area (Å²) >= 11 is 1.59. The topological polar surface area (TPSA) is 136 Å². The van der Waals surface area contributed by atoms with Crippen molar-refractivity contribution in [1.29, 1.82) is 0 Å². The minimum Gasteiger partial charge on any atom is -0.469 e. The van der Waals surface area contributed by atoms with Gasteiger partial charge in [0.05, 0.1) is 24.3 Å². The van der Waals surface area contributed by atoms with Crippen molar-refractivity contribution in [1.82, 2.24) is 9.97 Å². The molecule has 0 saturated carbocycles. The number of sulfonamides is 1. The minimum atomic E-state index is -4.45. The predicted octanol–water partition coefficient (Wildman–Crippen LogP) is 7.86. The van der Waals surface area contributed by atoms with Gasteiger partial charge in [-0.3, -0.25) is 14.9 Å². The summed E-state index contributed by atoms with van der Waals surface area (Å²) < 4.78 is 34.1. The van der Waals surface area contributed by atoms with E-state index in [4.69, 9.17) is 9.72 Å². The third kappa shape index (κ3) is 9.31. The van der Waals surface area contributed by atoms with Gasteiger partial charge in [0.2, 0.25) is 0 Å². The van der Waals surface area contributed by atoms with Crippen molar-refractivity contribution in [2.24, 2.45) is 0 Å². The second-order valence-electron chi connectivity index (χ2n) is 12.2. The van der Waals surface area contributed by atoms with Crippen LogP contribution in [0.25, 0.3) is 11.3 Å². The van der Waals surface area contributed by atoms with Crippen LogP contribution in [0.3, 0.4) is 0 Å². The van der Waals surface area contributed by atoms with Crippen molar-refractivity contribution in [3.63, 3.8) is 0 Å². The van der Waals surface area contributed by atoms with Gasteiger partial charge in [0.15, 0.2) is 10.0 Å². The van der Waals surface area contributed by atoms with Gasteiger partial charge in [0, 0.05) is 42.7 Å². The fourth-order valence-corrected chi connectivity index (χ4v) is 8.16. The molecule has 0 aliphatic rings. The number of anilines is 2. The highest BCUT2D eigenvalue weighted by Crippen LogP contribution is 2.32. The number of aryl methyl sites for hydroxylation is 1. The largest absolute Gasteiger partial charge is 0.469 e. The van der Waals surface area contributed by atoms with Crippen LogP contribution in [0, 0.1) is 10.1 Å². The Labute approximate surface area is 312 Å². The first-order valence-corrected chi connectivity index (χ1v) is 19.2. The van der Waals surface area contributed by atoms with Crippen LogP contribution >= 0.6 is 11.3 Å². The van der Waals surface area contributed by atoms with Gasteiger partial charge in [0.25, 0.3) is 15.7 Å². The number of benzene rings is 4. The number of para-hydroxylation sites is 1. The van der Waals surface area contributed by atoms with Crippen molar-refractivity contribution in [3.8, 4) is 11.3 Å². The zero-order valence-electron chi connectivity index (χ0n) is 28.9. The number of nitrogens with zero attached hydrogens (tertiary/aromatic N) is 5. The zero-order chi connectivity index (χ0) is 37.2. The second kappa shape index (κ2) is 17.1. The molecule has 0 amide bonds. The van der Waals surface area contributed by atoms with E-state index in [1.54, 1.807) is 17.4 Å². The van der Waals surface area contributed by atoms with E-state index in [2.05, 4.69) is 27.4 Å². The van der Waals surface area contributed by atoms with Crippen LogP contribution in [-0.4, -0.2) is 42.9 Å². The maximum atomic E-state index is 14.2. The van der Waals surface area contributed by atoms with E-state index in [0.29, 0.717) is 24.1 Å². The molecule has 0 saturated heterocycles. The number of hydrogen-bond donors (Lipinski definition) is 0. The number of esters is 1. The third-order valence-corrected chi connectivity index (χ3v) is 11.3. The van der Waals surface area contributed by atoms with Crippen molar-refractivity contribution in [3.05, 3.63) is 165 Å². The number of carbonyl (C=O) groups is 1. The molecular weight excluding hydrogens is 711 g/mol. The van der Waals surface area contributed by atoms with Crippen LogP contribution in [0.2, 0.25) is 0 Å². The van der Waals surface area contributed by atoms with Crippen molar-refractivity contribution < 1.29 is 22.9 Å². The molecule has 0 aliphatic heterocycles. The number of nitro benzene ring substituents is 1. The van der Waals surface area contributed by atoms with E-state index in [0.717, 1.165) is 45.3 Å². The van der Waals surface area contributed by atoms with E-state index in [1.807, 2.05) is 72.8 Å². The highest BCUT2D eigenvalue weighted by molar-refractivity contribution is 7.93. The van der Waals surface area contributed by atoms with E-state index < -0.39 is 25.5 Å². The maximum Gasteiger partial charge on any atom is 0.305 e. The predicted molar refractivity (Wildman–Crippen MR) is 206 cm³/mol. The summed E-state index contributed by atoms with van der Waals surface area (Å²) in [5, 5.41) is 14.8. The van der Waals surface area contributed by atoms with Crippen LogP contribution < -0.4 is 9.21 Å². The highest BCUT2D eigenvalue weighted by atomic mass is 32.2. The number of pyridine rings is 1. The molecule has 13 heteroatoms. The van der Waals surface area contributed by atoms with Crippen LogP contribution in [0.15, 0.2) is 138 Å². The Kier molecular flexibility index (Phi) is 11.9. The molecule has 4 aromatic carbocycles. The summed E-state index contributed by atoms with van der Waals surface area (Å²) in [6.45, 7) is 1.17. The average Bonchev–Trinajstić information content (AvgIpc) is 3.69. The first-order chi connectivity index (χ1) is 25.7. The van der Waals surface area contributed by atoms with E-state index in [-0.39, 0.29) is 24.8 Å². The summed E-state index contributed by atoms with van der Waals surface area (Å²) in [6, 6.07) is 36.4. The molecule has 0 fully saturated rings. The van der Waals surface area contributed by atoms with Gasteiger partial charge in [-0.1, -0.05) is 103 Å². The monoisotopic (exact) mass is 747 g/mol. The Morgan fingerprint density at radius 1 is 0.792 bits per heavy atom. The molecule has 6 rings (SSSR count). The first kappa shape index (κ1) is 36.9. The molecule has 11 nitrogen and oxygen atoms in total. The minimum absolute atomic E-state index is 0.0825. The number of rotatable bonds is 16. The van der Waals surface area contributed by atoms with Crippen molar-refractivity contribution >= 4 is 44.0 Å². The van der Waals surface area contributed by atoms with Gasteiger partial charge in [-0.05, 0) is 47.2 Å². The Morgan fingerprint density at radius 3 is 2.09 bits per heavy atom. The molecule has 2 aromatic heterocycles. The van der Waals surface area contributed by atoms with E-state index in [9.17, 15) is 23.3 Å². The fourth-order valence-electron chi connectivity index (χ4n) is 5.73. The van der Waals surface area contributed by atoms with Gasteiger partial charge in [-0.25, -0.2) is 22.7 Å². The van der Waals surface area contributed by atoms with Gasteiger partial charge >= 0.3 is 5.97 Å². The third-order valence-electron chi connectivity index (χ3n) is 8.61. The SMILES string of the molecule is COC(=O)CCc1ccc(N(Cc2ccc(CN(CCc3ccccc3)c3nc(-c4ccccc4)cs3)cc2)S(=O)(=O)c2ccccc2[N+](=O)[O-])nc1. The molecule has 270 valence electrons. The molecule has 0 aliphatic carbocycles. The summed E-state index contributed by atoms with van der Waals surface area (Å²) in [6.07, 6.45) is 2.82. The molecule has 0 spiro atoms. The zero-order valence-corrected chi connectivity index (χ0v) is 30.6. The van der Waals surface area contributed by atoms with Crippen molar-refractivity contribution in [2.75, 3.05) is 22.9 Å². The number of aromatic nitrogens is 2. The summed E-state index contributed by atoms with van der Waals surface area (Å²) in [5.41, 5.74) is 5.01. The number of carbonyl (C=O) groups excluding carboxylic acids is 1. The first-order valence-electron chi connectivity index (χ1n) is 16.9. The lowest BCUT2D eigenvalue weighted by Crippen LogP contribution is -2.32. The maximum absolute atomic E-state index is 14.2. The fraction of sp³-hybridized carbons (Fsp3) is 0.175. The molecule has 0 unspecified atom stereocenters. The Morgan fingerprint density at radius 2 is 1.43 bits per heavy atom. The molecule has 53 heavy (non-hydrogen) atoms. The number of methoxy groups -OCH3 is 1. The number of ether oxygens (including phenoxy) is 1. The number of hydrogen-bond acceptors (Lipinski definition) is 10. The molecule has 0 radical (unpaired) electrons. The highest BCUT2D eigenvalue weighted by Gasteiger charge is 2.32. The van der Waals surface area contributed by atoms with E-state index >= 15 is 0 Å². The van der Waals surface area contributed by atoms with Gasteiger partial charge in [0.1, 0.15) is 5.82 Å². The molecule has 0 atom stereocenters. The number of thiazole rings is 1. The molecule has 6 aromatic rings. The average molecular weight is 748 g/mol. The lowest BCUT2D eigenvalue weighted by molar-refractivity contribution is -0.387. The lowest BCUT2D eigenvalue weighted by atomic mass is 10.1. The summed E-state index contributed by atoms with van der Waals surface area (Å²) in [5.74, 6) is -0.292. The second-order valence-corrected chi connectivity index (χ2v) is 14.9. The smallest absolute Gasteiger partial charge is 0.305 e. The van der Waals surface area contributed by atoms with Gasteiger partial charge < -0.3 is 9.64 Å². The van der Waals surface area contributed by atoms with Crippen LogP contribution in [0.5, 0.6) is 0 Å². The summed E-state index contributed by atoms with van der Waals surface area (Å²) in [7, 11) is -3.14. The summed E-state index contributed by atoms with van der Waals surface area (Å²) in [4.78, 5) is 34.0. The Bertz CT molecular complexity index is 2250. The molecular formula is C40H37N5O6S2. The molecule has 0 bridgehead atoms. The van der Waals surface area contributed by atoms with Crippen LogP contribution in [-0.2, 0) is 45.5 Å². The Hall–Kier alpha value is -5.92. The van der Waals surface area contributed by atoms with E-state index in [1.165, 1.54) is 43.1 Å². The quantitative estimate of drug-likeness (QED) is 0.0551. The normalized spacial score (nSPS) is 11.2.